The molecule has 0 saturated heterocycles. The second kappa shape index (κ2) is 7.20. The Labute approximate surface area is 149 Å². The van der Waals surface area contributed by atoms with Crippen LogP contribution in [0.25, 0.3) is 10.2 Å². The van der Waals surface area contributed by atoms with Gasteiger partial charge in [-0.1, -0.05) is 22.9 Å². The van der Waals surface area contributed by atoms with Crippen LogP contribution in [-0.4, -0.2) is 23.9 Å². The molecule has 3 aromatic rings. The molecule has 24 heavy (non-hydrogen) atoms. The van der Waals surface area contributed by atoms with Gasteiger partial charge < -0.3 is 10.1 Å². The number of carbonyl (C=O) groups excluding carboxylic acids is 1. The van der Waals surface area contributed by atoms with E-state index in [0.29, 0.717) is 17.2 Å². The predicted octanol–water partition coefficient (Wildman–Crippen LogP) is 4.95. The minimum absolute atomic E-state index is 0.00654. The van der Waals surface area contributed by atoms with Crippen LogP contribution in [0.3, 0.4) is 0 Å². The van der Waals surface area contributed by atoms with Crippen LogP contribution in [0.1, 0.15) is 22.8 Å². The monoisotopic (exact) mass is 360 g/mol. The van der Waals surface area contributed by atoms with Gasteiger partial charge in [-0.3, -0.25) is 4.79 Å². The minimum atomic E-state index is 0.00654. The summed E-state index contributed by atoms with van der Waals surface area (Å²) in [6.07, 6.45) is 0. The van der Waals surface area contributed by atoms with Crippen molar-refractivity contribution in [1.82, 2.24) is 4.98 Å². The maximum atomic E-state index is 12.3. The molecular formula is C18H17ClN2O2S. The summed E-state index contributed by atoms with van der Waals surface area (Å²) in [7, 11) is 0. The number of aromatic nitrogens is 1. The lowest BCUT2D eigenvalue weighted by atomic mass is 10.1. The molecule has 0 aliphatic rings. The maximum absolute atomic E-state index is 12.3. The number of Topliss-reactive ketones (excluding diaryl/α,β-unsaturated/α-hetero) is 1. The molecule has 0 bridgehead atoms. The fourth-order valence-electron chi connectivity index (χ4n) is 2.34. The van der Waals surface area contributed by atoms with Gasteiger partial charge in [0.15, 0.2) is 10.9 Å². The normalized spacial score (nSPS) is 10.8. The molecule has 0 atom stereocenters. The average Bonchev–Trinajstić information content (AvgIpc) is 3.01. The van der Waals surface area contributed by atoms with Gasteiger partial charge in [0.1, 0.15) is 5.75 Å². The van der Waals surface area contributed by atoms with Crippen molar-refractivity contribution < 1.29 is 9.53 Å². The summed E-state index contributed by atoms with van der Waals surface area (Å²) in [6, 6.07) is 11.0. The number of hydrogen-bond acceptors (Lipinski definition) is 5. The van der Waals surface area contributed by atoms with Crippen LogP contribution in [0.15, 0.2) is 36.4 Å². The molecule has 0 fully saturated rings. The number of aryl methyl sites for hydroxylation is 1. The Hall–Kier alpha value is -2.11. The lowest BCUT2D eigenvalue weighted by Crippen LogP contribution is -2.13. The molecule has 0 aliphatic heterocycles. The summed E-state index contributed by atoms with van der Waals surface area (Å²) in [5, 5.41) is 4.52. The number of ketones is 1. The number of carbonyl (C=O) groups is 1. The Bertz CT molecular complexity index is 875. The van der Waals surface area contributed by atoms with Crippen molar-refractivity contribution in [2.75, 3.05) is 18.5 Å². The van der Waals surface area contributed by atoms with Gasteiger partial charge in [-0.05, 0) is 55.8 Å². The van der Waals surface area contributed by atoms with Crippen molar-refractivity contribution in [1.29, 1.82) is 0 Å². The third kappa shape index (κ3) is 3.52. The Kier molecular flexibility index (Phi) is 5.02. The topological polar surface area (TPSA) is 51.2 Å². The van der Waals surface area contributed by atoms with Crippen LogP contribution < -0.4 is 10.1 Å². The molecule has 1 aromatic heterocycles. The van der Waals surface area contributed by atoms with Gasteiger partial charge in [0.25, 0.3) is 0 Å². The van der Waals surface area contributed by atoms with Crippen molar-refractivity contribution >= 4 is 44.1 Å². The molecule has 0 unspecified atom stereocenters. The van der Waals surface area contributed by atoms with E-state index in [4.69, 9.17) is 16.3 Å². The maximum Gasteiger partial charge on any atom is 0.184 e. The molecule has 0 spiro atoms. The summed E-state index contributed by atoms with van der Waals surface area (Å²) in [4.78, 5) is 16.8. The van der Waals surface area contributed by atoms with Gasteiger partial charge in [-0.2, -0.15) is 0 Å². The zero-order chi connectivity index (χ0) is 17.1. The van der Waals surface area contributed by atoms with Gasteiger partial charge in [0.05, 0.1) is 23.4 Å². The quantitative estimate of drug-likeness (QED) is 0.632. The highest BCUT2D eigenvalue weighted by molar-refractivity contribution is 7.22. The van der Waals surface area contributed by atoms with Crippen LogP contribution in [-0.2, 0) is 0 Å². The fraction of sp³-hybridized carbons (Fsp3) is 0.222. The summed E-state index contributed by atoms with van der Waals surface area (Å²) in [5.74, 6) is 0.771. The molecule has 0 radical (unpaired) electrons. The van der Waals surface area contributed by atoms with Crippen LogP contribution in [0, 0.1) is 6.92 Å². The van der Waals surface area contributed by atoms with Crippen molar-refractivity contribution in [3.8, 4) is 5.75 Å². The number of benzene rings is 2. The number of anilines is 1. The molecular weight excluding hydrogens is 344 g/mol. The molecule has 2 aromatic carbocycles. The standard InChI is InChI=1S/C18H17ClN2O2S/c1-3-23-13-6-4-12(5-7-13)15(22)10-20-18-21-17-11(2)14(19)8-9-16(17)24-18/h4-9H,3,10H2,1-2H3,(H,20,21). The zero-order valence-corrected chi connectivity index (χ0v) is 15.0. The first kappa shape index (κ1) is 16.7. The van der Waals surface area contributed by atoms with Crippen LogP contribution in [0.4, 0.5) is 5.13 Å². The van der Waals surface area contributed by atoms with Crippen LogP contribution in [0.5, 0.6) is 5.75 Å². The van der Waals surface area contributed by atoms with E-state index in [1.54, 1.807) is 24.3 Å². The minimum Gasteiger partial charge on any atom is -0.494 e. The molecule has 1 N–H and O–H groups in total. The number of thiazole rings is 1. The number of nitrogens with zero attached hydrogens (tertiary/aromatic N) is 1. The van der Waals surface area contributed by atoms with Gasteiger partial charge in [-0.25, -0.2) is 4.98 Å². The highest BCUT2D eigenvalue weighted by Crippen LogP contribution is 2.31. The molecule has 0 saturated carbocycles. The third-order valence-electron chi connectivity index (χ3n) is 3.64. The van der Waals surface area contributed by atoms with E-state index >= 15 is 0 Å². The Balaban J connectivity index is 1.68. The van der Waals surface area contributed by atoms with Gasteiger partial charge in [0.2, 0.25) is 0 Å². The number of fused-ring (bicyclic) bond motifs is 1. The van der Waals surface area contributed by atoms with Crippen molar-refractivity contribution in [2.45, 2.75) is 13.8 Å². The largest absolute Gasteiger partial charge is 0.494 e. The molecule has 3 rings (SSSR count). The molecule has 1 heterocycles. The lowest BCUT2D eigenvalue weighted by Gasteiger charge is -2.05. The van der Waals surface area contributed by atoms with E-state index in [1.165, 1.54) is 11.3 Å². The summed E-state index contributed by atoms with van der Waals surface area (Å²) in [5.41, 5.74) is 2.48. The second-order valence-corrected chi connectivity index (χ2v) is 6.71. The molecule has 4 nitrogen and oxygen atoms in total. The highest BCUT2D eigenvalue weighted by atomic mass is 35.5. The van der Waals surface area contributed by atoms with E-state index in [1.807, 2.05) is 26.0 Å². The van der Waals surface area contributed by atoms with Crippen LogP contribution >= 0.6 is 22.9 Å². The zero-order valence-electron chi connectivity index (χ0n) is 13.4. The van der Waals surface area contributed by atoms with Gasteiger partial charge in [0, 0.05) is 10.6 Å². The number of rotatable bonds is 6. The smallest absolute Gasteiger partial charge is 0.184 e. The highest BCUT2D eigenvalue weighted by Gasteiger charge is 2.11. The first-order valence-corrected chi connectivity index (χ1v) is 8.83. The number of ether oxygens (including phenoxy) is 1. The second-order valence-electron chi connectivity index (χ2n) is 5.27. The van der Waals surface area contributed by atoms with E-state index in [2.05, 4.69) is 10.3 Å². The first-order valence-electron chi connectivity index (χ1n) is 7.64. The summed E-state index contributed by atoms with van der Waals surface area (Å²) in [6.45, 7) is 4.67. The number of hydrogen-bond donors (Lipinski definition) is 1. The molecule has 0 aliphatic carbocycles. The van der Waals surface area contributed by atoms with E-state index in [9.17, 15) is 4.79 Å². The van der Waals surface area contributed by atoms with Crippen LogP contribution in [0.2, 0.25) is 5.02 Å². The Morgan fingerprint density at radius 1 is 1.25 bits per heavy atom. The van der Waals surface area contributed by atoms with Crippen molar-refractivity contribution in [2.24, 2.45) is 0 Å². The predicted molar refractivity (Wildman–Crippen MR) is 99.8 cm³/mol. The van der Waals surface area contributed by atoms with E-state index < -0.39 is 0 Å². The Morgan fingerprint density at radius 3 is 2.71 bits per heavy atom. The molecule has 0 amide bonds. The Morgan fingerprint density at radius 2 is 2.00 bits per heavy atom. The van der Waals surface area contributed by atoms with Crippen molar-refractivity contribution in [3.05, 3.63) is 52.5 Å². The van der Waals surface area contributed by atoms with Gasteiger partial charge >= 0.3 is 0 Å². The third-order valence-corrected chi connectivity index (χ3v) is 5.02. The first-order chi connectivity index (χ1) is 11.6. The fourth-order valence-corrected chi connectivity index (χ4v) is 3.41. The van der Waals surface area contributed by atoms with E-state index in [-0.39, 0.29) is 12.3 Å². The SMILES string of the molecule is CCOc1ccc(C(=O)CNc2nc3c(C)c(Cl)ccc3s2)cc1. The summed E-state index contributed by atoms with van der Waals surface area (Å²) < 4.78 is 6.43. The molecule has 6 heteroatoms. The molecule has 124 valence electrons. The number of nitrogens with one attached hydrogen (secondary N) is 1. The lowest BCUT2D eigenvalue weighted by molar-refractivity contribution is 0.101. The van der Waals surface area contributed by atoms with Crippen molar-refractivity contribution in [3.63, 3.8) is 0 Å². The number of halogens is 1. The van der Waals surface area contributed by atoms with E-state index in [0.717, 1.165) is 26.7 Å². The summed E-state index contributed by atoms with van der Waals surface area (Å²) >= 11 is 7.63. The van der Waals surface area contributed by atoms with Gasteiger partial charge in [-0.15, -0.1) is 0 Å². The average molecular weight is 361 g/mol.